The second-order valence-electron chi connectivity index (χ2n) is 7.94. The summed E-state index contributed by atoms with van der Waals surface area (Å²) in [7, 11) is 0. The molecule has 0 unspecified atom stereocenters. The molecule has 1 N–H and O–H groups in total. The summed E-state index contributed by atoms with van der Waals surface area (Å²) in [6.07, 6.45) is 7.30. The number of para-hydroxylation sites is 2. The monoisotopic (exact) mass is 419 g/mol. The molecule has 1 aromatic heterocycles. The first-order valence-electron chi connectivity index (χ1n) is 11.1. The molecule has 3 aromatic rings. The second kappa shape index (κ2) is 11.3. The number of aryl methyl sites for hydroxylation is 3. The number of rotatable bonds is 11. The molecular formula is C26H33N3O2. The summed E-state index contributed by atoms with van der Waals surface area (Å²) in [5.41, 5.74) is 4.61. The number of carbonyl (C=O) groups excluding carboxylic acids is 1. The van der Waals surface area contributed by atoms with E-state index >= 15 is 0 Å². The van der Waals surface area contributed by atoms with Gasteiger partial charge in [0.1, 0.15) is 18.2 Å². The minimum absolute atomic E-state index is 0.0203. The summed E-state index contributed by atoms with van der Waals surface area (Å²) < 4.78 is 8.33. The van der Waals surface area contributed by atoms with Gasteiger partial charge in [-0.1, -0.05) is 30.7 Å². The first-order chi connectivity index (χ1) is 15.1. The average molecular weight is 420 g/mol. The molecule has 2 aromatic carbocycles. The highest BCUT2D eigenvalue weighted by molar-refractivity contribution is 5.87. The van der Waals surface area contributed by atoms with Crippen LogP contribution in [0.2, 0.25) is 0 Å². The lowest BCUT2D eigenvalue weighted by molar-refractivity contribution is -0.116. The normalized spacial score (nSPS) is 11.3. The van der Waals surface area contributed by atoms with Crippen molar-refractivity contribution in [3.05, 3.63) is 71.6 Å². The van der Waals surface area contributed by atoms with Crippen molar-refractivity contribution < 1.29 is 9.53 Å². The second-order valence-corrected chi connectivity index (χ2v) is 7.94. The summed E-state index contributed by atoms with van der Waals surface area (Å²) >= 11 is 0. The SMILES string of the molecule is C/C=C/C(=O)NCCCCCc1nc2ccccc2n1CCOc1cc(C)cc(C)c1. The van der Waals surface area contributed by atoms with E-state index in [0.29, 0.717) is 13.2 Å². The zero-order valence-electron chi connectivity index (χ0n) is 18.9. The van der Waals surface area contributed by atoms with Gasteiger partial charge in [0.05, 0.1) is 17.6 Å². The largest absolute Gasteiger partial charge is 0.492 e. The Labute approximate surface area is 185 Å². The van der Waals surface area contributed by atoms with E-state index in [-0.39, 0.29) is 5.91 Å². The van der Waals surface area contributed by atoms with Crippen LogP contribution in [0.25, 0.3) is 11.0 Å². The molecule has 0 spiro atoms. The number of nitrogens with zero attached hydrogens (tertiary/aromatic N) is 2. The summed E-state index contributed by atoms with van der Waals surface area (Å²) in [5, 5.41) is 2.90. The van der Waals surface area contributed by atoms with Crippen molar-refractivity contribution in [3.8, 4) is 5.75 Å². The standard InChI is InChI=1S/C26H33N3O2/c1-4-10-26(30)27-14-9-5-6-13-25-28-23-11-7-8-12-24(23)29(25)15-16-31-22-18-20(2)17-21(3)19-22/h4,7-8,10-12,17-19H,5-6,9,13-16H2,1-3H3,(H,27,30)/b10-4+. The summed E-state index contributed by atoms with van der Waals surface area (Å²) in [4.78, 5) is 16.3. The van der Waals surface area contributed by atoms with Gasteiger partial charge in [0.15, 0.2) is 0 Å². The number of benzene rings is 2. The lowest BCUT2D eigenvalue weighted by Crippen LogP contribution is -2.22. The number of hydrogen-bond donors (Lipinski definition) is 1. The number of aromatic nitrogens is 2. The van der Waals surface area contributed by atoms with E-state index in [9.17, 15) is 4.79 Å². The molecule has 0 saturated carbocycles. The molecule has 0 radical (unpaired) electrons. The van der Waals surface area contributed by atoms with Crippen molar-refractivity contribution in [2.75, 3.05) is 13.2 Å². The highest BCUT2D eigenvalue weighted by Crippen LogP contribution is 2.19. The maximum Gasteiger partial charge on any atom is 0.243 e. The van der Waals surface area contributed by atoms with Crippen LogP contribution in [0.15, 0.2) is 54.6 Å². The molecule has 0 fully saturated rings. The molecule has 0 atom stereocenters. The van der Waals surface area contributed by atoms with Crippen LogP contribution in [0.1, 0.15) is 43.1 Å². The van der Waals surface area contributed by atoms with E-state index in [1.807, 2.05) is 13.0 Å². The van der Waals surface area contributed by atoms with Crippen LogP contribution >= 0.6 is 0 Å². The number of ether oxygens (including phenoxy) is 1. The van der Waals surface area contributed by atoms with Crippen LogP contribution in [0.5, 0.6) is 5.75 Å². The molecule has 1 heterocycles. The predicted octanol–water partition coefficient (Wildman–Crippen LogP) is 5.14. The maximum atomic E-state index is 11.5. The van der Waals surface area contributed by atoms with Gasteiger partial charge in [0, 0.05) is 13.0 Å². The number of fused-ring (bicyclic) bond motifs is 1. The van der Waals surface area contributed by atoms with E-state index in [2.05, 4.69) is 60.1 Å². The Morgan fingerprint density at radius 1 is 1.10 bits per heavy atom. The Kier molecular flexibility index (Phi) is 8.27. The van der Waals surface area contributed by atoms with Crippen molar-refractivity contribution in [3.63, 3.8) is 0 Å². The Balaban J connectivity index is 1.56. The summed E-state index contributed by atoms with van der Waals surface area (Å²) in [6, 6.07) is 14.6. The van der Waals surface area contributed by atoms with E-state index in [1.165, 1.54) is 11.1 Å². The van der Waals surface area contributed by atoms with Gasteiger partial charge in [0.25, 0.3) is 0 Å². The quantitative estimate of drug-likeness (QED) is 0.346. The Morgan fingerprint density at radius 3 is 2.65 bits per heavy atom. The third-order valence-electron chi connectivity index (χ3n) is 5.21. The van der Waals surface area contributed by atoms with E-state index in [1.54, 1.807) is 12.2 Å². The van der Waals surface area contributed by atoms with Crippen LogP contribution < -0.4 is 10.1 Å². The summed E-state index contributed by atoms with van der Waals surface area (Å²) in [6.45, 7) is 8.11. The molecule has 3 rings (SSSR count). The topological polar surface area (TPSA) is 56.2 Å². The molecule has 0 bridgehead atoms. The smallest absolute Gasteiger partial charge is 0.243 e. The molecule has 5 nitrogen and oxygen atoms in total. The van der Waals surface area contributed by atoms with Crippen molar-refractivity contribution in [1.29, 1.82) is 0 Å². The third kappa shape index (κ3) is 6.71. The van der Waals surface area contributed by atoms with Crippen molar-refractivity contribution in [2.45, 2.75) is 53.0 Å². The highest BCUT2D eigenvalue weighted by Gasteiger charge is 2.10. The molecule has 1 amide bonds. The van der Waals surface area contributed by atoms with Crippen molar-refractivity contribution in [2.24, 2.45) is 0 Å². The molecular weight excluding hydrogens is 386 g/mol. The molecule has 0 aliphatic carbocycles. The Hall–Kier alpha value is -3.08. The number of amides is 1. The Bertz CT molecular complexity index is 1020. The van der Waals surface area contributed by atoms with E-state index in [4.69, 9.17) is 9.72 Å². The minimum Gasteiger partial charge on any atom is -0.492 e. The van der Waals surface area contributed by atoms with Crippen LogP contribution in [0.4, 0.5) is 0 Å². The van der Waals surface area contributed by atoms with Crippen molar-refractivity contribution in [1.82, 2.24) is 14.9 Å². The van der Waals surface area contributed by atoms with Crippen LogP contribution in [0, 0.1) is 13.8 Å². The number of hydrogen-bond acceptors (Lipinski definition) is 3. The minimum atomic E-state index is -0.0203. The predicted molar refractivity (Wildman–Crippen MR) is 127 cm³/mol. The number of carbonyl (C=O) groups is 1. The zero-order chi connectivity index (χ0) is 22.1. The van der Waals surface area contributed by atoms with Gasteiger partial charge in [-0.25, -0.2) is 4.98 Å². The van der Waals surface area contributed by atoms with Gasteiger partial charge in [-0.3, -0.25) is 4.79 Å². The number of imidazole rings is 1. The van der Waals surface area contributed by atoms with Gasteiger partial charge in [-0.15, -0.1) is 0 Å². The lowest BCUT2D eigenvalue weighted by atomic mass is 10.1. The zero-order valence-corrected chi connectivity index (χ0v) is 18.9. The van der Waals surface area contributed by atoms with Crippen LogP contribution in [-0.4, -0.2) is 28.6 Å². The van der Waals surface area contributed by atoms with E-state index < -0.39 is 0 Å². The molecule has 0 aliphatic heterocycles. The average Bonchev–Trinajstić information content (AvgIpc) is 3.08. The molecule has 5 heteroatoms. The molecule has 0 aliphatic rings. The fourth-order valence-corrected chi connectivity index (χ4v) is 3.84. The summed E-state index contributed by atoms with van der Waals surface area (Å²) in [5.74, 6) is 2.00. The van der Waals surface area contributed by atoms with Gasteiger partial charge in [0.2, 0.25) is 5.91 Å². The number of unbranched alkanes of at least 4 members (excludes halogenated alkanes) is 2. The molecule has 164 valence electrons. The van der Waals surface area contributed by atoms with Gasteiger partial charge < -0.3 is 14.6 Å². The lowest BCUT2D eigenvalue weighted by Gasteiger charge is -2.12. The van der Waals surface area contributed by atoms with Gasteiger partial charge in [-0.2, -0.15) is 0 Å². The Morgan fingerprint density at radius 2 is 1.87 bits per heavy atom. The number of allylic oxidation sites excluding steroid dienone is 1. The van der Waals surface area contributed by atoms with Crippen LogP contribution in [0.3, 0.4) is 0 Å². The van der Waals surface area contributed by atoms with Crippen LogP contribution in [-0.2, 0) is 17.8 Å². The fraction of sp³-hybridized carbons (Fsp3) is 0.385. The number of nitrogens with one attached hydrogen (secondary N) is 1. The maximum absolute atomic E-state index is 11.5. The highest BCUT2D eigenvalue weighted by atomic mass is 16.5. The first-order valence-corrected chi connectivity index (χ1v) is 11.1. The van der Waals surface area contributed by atoms with Gasteiger partial charge in [-0.05, 0) is 75.1 Å². The molecule has 31 heavy (non-hydrogen) atoms. The molecule has 0 saturated heterocycles. The fourth-order valence-electron chi connectivity index (χ4n) is 3.84. The van der Waals surface area contributed by atoms with Gasteiger partial charge >= 0.3 is 0 Å². The third-order valence-corrected chi connectivity index (χ3v) is 5.21. The first kappa shape index (κ1) is 22.6. The van der Waals surface area contributed by atoms with Crippen molar-refractivity contribution >= 4 is 16.9 Å². The van der Waals surface area contributed by atoms with E-state index in [0.717, 1.165) is 54.8 Å².